The lowest BCUT2D eigenvalue weighted by Gasteiger charge is -2.22. The molecule has 5 nitrogen and oxygen atoms in total. The summed E-state index contributed by atoms with van der Waals surface area (Å²) in [5.41, 5.74) is 2.98. The largest absolute Gasteiger partial charge is 0.334 e. The van der Waals surface area contributed by atoms with Crippen LogP contribution in [0.4, 0.5) is 10.5 Å². The smallest absolute Gasteiger partial charge is 0.315 e. The van der Waals surface area contributed by atoms with Gasteiger partial charge in [0.1, 0.15) is 6.04 Å². The van der Waals surface area contributed by atoms with Crippen LogP contribution in [0.5, 0.6) is 0 Å². The van der Waals surface area contributed by atoms with Crippen LogP contribution in [-0.4, -0.2) is 29.5 Å². The molecule has 0 aliphatic carbocycles. The molecule has 1 aliphatic rings. The first kappa shape index (κ1) is 21.6. The Morgan fingerprint density at radius 2 is 1.76 bits per heavy atom. The summed E-state index contributed by atoms with van der Waals surface area (Å²) >= 11 is 3.86. The van der Waals surface area contributed by atoms with Gasteiger partial charge in [-0.1, -0.05) is 56.3 Å². The molecule has 2 aromatic rings. The van der Waals surface area contributed by atoms with Gasteiger partial charge >= 0.3 is 6.03 Å². The number of amides is 3. The molecule has 2 aromatic carbocycles. The molecule has 1 aliphatic heterocycles. The molecule has 1 unspecified atom stereocenters. The van der Waals surface area contributed by atoms with Crippen molar-refractivity contribution in [2.45, 2.75) is 31.0 Å². The van der Waals surface area contributed by atoms with Crippen molar-refractivity contribution < 1.29 is 9.59 Å². The Bertz CT molecular complexity index is 824. The van der Waals surface area contributed by atoms with Gasteiger partial charge in [-0.3, -0.25) is 4.79 Å². The Morgan fingerprint density at radius 1 is 1.03 bits per heavy atom. The van der Waals surface area contributed by atoms with Gasteiger partial charge in [-0.25, -0.2) is 4.79 Å². The second-order valence-electron chi connectivity index (χ2n) is 7.22. The van der Waals surface area contributed by atoms with Gasteiger partial charge in [0.2, 0.25) is 5.91 Å². The van der Waals surface area contributed by atoms with Gasteiger partial charge in [0, 0.05) is 23.7 Å². The van der Waals surface area contributed by atoms with E-state index in [1.807, 2.05) is 85.9 Å². The number of carbonyl (C=O) groups excluding carboxylic acids is 2. The minimum Gasteiger partial charge on any atom is -0.334 e. The summed E-state index contributed by atoms with van der Waals surface area (Å²) in [6, 6.07) is 16.7. The maximum atomic E-state index is 12.8. The van der Waals surface area contributed by atoms with Crippen molar-refractivity contribution in [1.82, 2.24) is 10.6 Å². The SMILES string of the molecule is CC(C)C(NC(=O)NCc1ccccc1)C(=O)Nc1cccc(C2SCCS2)c1. The van der Waals surface area contributed by atoms with Crippen molar-refractivity contribution in [2.75, 3.05) is 16.8 Å². The molecule has 1 saturated heterocycles. The van der Waals surface area contributed by atoms with Crippen molar-refractivity contribution >= 4 is 41.1 Å². The predicted octanol–water partition coefficient (Wildman–Crippen LogP) is 4.63. The summed E-state index contributed by atoms with van der Waals surface area (Å²) in [6.45, 7) is 4.26. The van der Waals surface area contributed by atoms with E-state index in [1.54, 1.807) is 0 Å². The lowest BCUT2D eigenvalue weighted by atomic mass is 10.0. The Morgan fingerprint density at radius 3 is 2.45 bits per heavy atom. The van der Waals surface area contributed by atoms with Gasteiger partial charge in [0.05, 0.1) is 4.58 Å². The first-order valence-corrected chi connectivity index (χ1v) is 11.8. The monoisotopic (exact) mass is 429 g/mol. The molecule has 154 valence electrons. The van der Waals surface area contributed by atoms with E-state index in [-0.39, 0.29) is 17.9 Å². The van der Waals surface area contributed by atoms with E-state index in [0.717, 1.165) is 22.8 Å². The van der Waals surface area contributed by atoms with Crippen molar-refractivity contribution in [3.63, 3.8) is 0 Å². The molecule has 29 heavy (non-hydrogen) atoms. The summed E-state index contributed by atoms with van der Waals surface area (Å²) in [5, 5.41) is 8.59. The molecule has 0 radical (unpaired) electrons. The third-order valence-corrected chi connectivity index (χ3v) is 7.68. The third kappa shape index (κ3) is 6.44. The van der Waals surface area contributed by atoms with E-state index in [1.165, 1.54) is 5.56 Å². The minimum atomic E-state index is -0.621. The summed E-state index contributed by atoms with van der Waals surface area (Å²) in [5.74, 6) is 2.06. The minimum absolute atomic E-state index is 0.0402. The van der Waals surface area contributed by atoms with Gasteiger partial charge in [-0.2, -0.15) is 0 Å². The van der Waals surface area contributed by atoms with Crippen LogP contribution in [0.1, 0.15) is 29.6 Å². The highest BCUT2D eigenvalue weighted by Gasteiger charge is 2.25. The average Bonchev–Trinajstić information content (AvgIpc) is 3.26. The first-order valence-electron chi connectivity index (χ1n) is 9.75. The molecule has 0 spiro atoms. The molecule has 0 aromatic heterocycles. The molecule has 1 heterocycles. The Balaban J connectivity index is 1.57. The van der Waals surface area contributed by atoms with Gasteiger partial charge in [0.25, 0.3) is 0 Å². The topological polar surface area (TPSA) is 70.2 Å². The van der Waals surface area contributed by atoms with Crippen LogP contribution in [0.15, 0.2) is 54.6 Å². The fourth-order valence-corrected chi connectivity index (χ4v) is 5.88. The Labute approximate surface area is 180 Å². The number of hydrogen-bond donors (Lipinski definition) is 3. The molecular weight excluding hydrogens is 402 g/mol. The van der Waals surface area contributed by atoms with E-state index in [0.29, 0.717) is 11.1 Å². The molecular formula is C22H27N3O2S2. The van der Waals surface area contributed by atoms with E-state index >= 15 is 0 Å². The molecule has 1 atom stereocenters. The number of thioether (sulfide) groups is 2. The van der Waals surface area contributed by atoms with Crippen molar-refractivity contribution in [2.24, 2.45) is 5.92 Å². The van der Waals surface area contributed by atoms with Crippen LogP contribution in [-0.2, 0) is 11.3 Å². The van der Waals surface area contributed by atoms with E-state index in [4.69, 9.17) is 0 Å². The van der Waals surface area contributed by atoms with Gasteiger partial charge in [-0.15, -0.1) is 23.5 Å². The quantitative estimate of drug-likeness (QED) is 0.600. The van der Waals surface area contributed by atoms with Crippen molar-refractivity contribution in [3.05, 3.63) is 65.7 Å². The number of urea groups is 1. The number of rotatable bonds is 7. The molecule has 0 bridgehead atoms. The fourth-order valence-electron chi connectivity index (χ4n) is 3.04. The zero-order valence-corrected chi connectivity index (χ0v) is 18.3. The zero-order valence-electron chi connectivity index (χ0n) is 16.7. The van der Waals surface area contributed by atoms with Crippen LogP contribution >= 0.6 is 23.5 Å². The van der Waals surface area contributed by atoms with Gasteiger partial charge < -0.3 is 16.0 Å². The highest BCUT2D eigenvalue weighted by atomic mass is 32.2. The highest BCUT2D eigenvalue weighted by Crippen LogP contribution is 2.45. The standard InChI is InChI=1S/C22H27N3O2S2/c1-15(2)19(25-22(27)23-14-16-7-4-3-5-8-16)20(26)24-18-10-6-9-17(13-18)21-28-11-12-29-21/h3-10,13,15,19,21H,11-12,14H2,1-2H3,(H,24,26)(H2,23,25,27). The maximum absolute atomic E-state index is 12.8. The van der Waals surface area contributed by atoms with E-state index < -0.39 is 6.04 Å². The van der Waals surface area contributed by atoms with Crippen molar-refractivity contribution in [1.29, 1.82) is 0 Å². The summed E-state index contributed by atoms with van der Waals surface area (Å²) in [7, 11) is 0. The summed E-state index contributed by atoms with van der Waals surface area (Å²) in [4.78, 5) is 25.1. The molecule has 3 rings (SSSR count). The number of benzene rings is 2. The van der Waals surface area contributed by atoms with Crippen LogP contribution in [0, 0.1) is 5.92 Å². The molecule has 0 saturated carbocycles. The Hall–Kier alpha value is -2.12. The predicted molar refractivity (Wildman–Crippen MR) is 123 cm³/mol. The lowest BCUT2D eigenvalue weighted by Crippen LogP contribution is -2.50. The summed E-state index contributed by atoms with van der Waals surface area (Å²) in [6.07, 6.45) is 0. The highest BCUT2D eigenvalue weighted by molar-refractivity contribution is 8.19. The maximum Gasteiger partial charge on any atom is 0.315 e. The number of anilines is 1. The Kier molecular flexibility index (Phi) is 7.89. The van der Waals surface area contributed by atoms with Crippen LogP contribution < -0.4 is 16.0 Å². The normalized spacial score (nSPS) is 15.1. The average molecular weight is 430 g/mol. The molecule has 3 amide bonds. The molecule has 3 N–H and O–H groups in total. The van der Waals surface area contributed by atoms with Crippen LogP contribution in [0.25, 0.3) is 0 Å². The van der Waals surface area contributed by atoms with Gasteiger partial charge in [-0.05, 0) is 29.2 Å². The summed E-state index contributed by atoms with van der Waals surface area (Å²) < 4.78 is 0.426. The van der Waals surface area contributed by atoms with E-state index in [2.05, 4.69) is 22.0 Å². The van der Waals surface area contributed by atoms with E-state index in [9.17, 15) is 9.59 Å². The van der Waals surface area contributed by atoms with Crippen LogP contribution in [0.3, 0.4) is 0 Å². The zero-order chi connectivity index (χ0) is 20.6. The second kappa shape index (κ2) is 10.6. The fraction of sp³-hybridized carbons (Fsp3) is 0.364. The second-order valence-corrected chi connectivity index (χ2v) is 9.95. The number of carbonyl (C=O) groups is 2. The molecule has 7 heteroatoms. The number of nitrogens with one attached hydrogen (secondary N) is 3. The first-order chi connectivity index (χ1) is 14.0. The molecule has 1 fully saturated rings. The van der Waals surface area contributed by atoms with Crippen molar-refractivity contribution in [3.8, 4) is 0 Å². The van der Waals surface area contributed by atoms with Crippen LogP contribution in [0.2, 0.25) is 0 Å². The van der Waals surface area contributed by atoms with Gasteiger partial charge in [0.15, 0.2) is 0 Å². The lowest BCUT2D eigenvalue weighted by molar-refractivity contribution is -0.118. The number of hydrogen-bond acceptors (Lipinski definition) is 4. The third-order valence-electron chi connectivity index (χ3n) is 4.58.